The van der Waals surface area contributed by atoms with Crippen LogP contribution in [0.4, 0.5) is 0 Å². The molecule has 3 heteroatoms. The second-order valence-electron chi connectivity index (χ2n) is 3.27. The average Bonchev–Trinajstić information content (AvgIpc) is 3.26. The number of H-pyrrole nitrogens is 1. The lowest BCUT2D eigenvalue weighted by Gasteiger charge is -1.86. The highest BCUT2D eigenvalue weighted by Crippen LogP contribution is 2.14. The van der Waals surface area contributed by atoms with Crippen LogP contribution in [0.1, 0.15) is 49.5 Å². The number of nitrogens with one attached hydrogen (secondary N) is 1. The number of hydrogen-bond acceptors (Lipinski definition) is 2. The zero-order chi connectivity index (χ0) is 17.4. The summed E-state index contributed by atoms with van der Waals surface area (Å²) >= 11 is 1.57. The minimum absolute atomic E-state index is 0.926. The van der Waals surface area contributed by atoms with Crippen LogP contribution in [0, 0.1) is 0 Å². The molecule has 0 amide bonds. The molecule has 0 spiro atoms. The van der Waals surface area contributed by atoms with Crippen LogP contribution in [0.15, 0.2) is 44.1 Å². The summed E-state index contributed by atoms with van der Waals surface area (Å²) in [7, 11) is 0. The summed E-state index contributed by atoms with van der Waals surface area (Å²) in [5.74, 6) is 0. The largest absolute Gasteiger partial charge is 0.361 e. The van der Waals surface area contributed by atoms with Crippen molar-refractivity contribution in [2.75, 3.05) is 0 Å². The second kappa shape index (κ2) is 15.3. The van der Waals surface area contributed by atoms with E-state index in [1.54, 1.807) is 41.2 Å². The predicted octanol–water partition coefficient (Wildman–Crippen LogP) is 6.78. The molecule has 0 unspecified atom stereocenters. The highest BCUT2D eigenvalue weighted by molar-refractivity contribution is 7.10. The van der Waals surface area contributed by atoms with Gasteiger partial charge in [0.05, 0.1) is 16.1 Å². The van der Waals surface area contributed by atoms with Crippen molar-refractivity contribution < 1.29 is 0 Å². The van der Waals surface area contributed by atoms with E-state index in [4.69, 9.17) is 0 Å². The Hall–Kier alpha value is -2.13. The zero-order valence-electron chi connectivity index (χ0n) is 14.2. The minimum Gasteiger partial charge on any atom is -0.361 e. The zero-order valence-corrected chi connectivity index (χ0v) is 15.0. The number of nitrogens with zero attached hydrogens (tertiary/aromatic N) is 1. The van der Waals surface area contributed by atoms with Crippen molar-refractivity contribution >= 4 is 35.6 Å². The normalized spacial score (nSPS) is 7.82. The standard InChI is InChI=1S/C8H9N.C7H7NS.2C2H6/c1-3-7-5-6-9-8(7)4-2;1-3-6-7(4-2)9-5-8-6;2*1-2/h3-6,9H,1-2H2;3-5H,1-2H2;2*1-2H3. The Morgan fingerprint density at radius 2 is 1.59 bits per heavy atom. The number of rotatable bonds is 4. The molecule has 2 nitrogen and oxygen atoms in total. The third-order valence-electron chi connectivity index (χ3n) is 2.24. The molecule has 0 aliphatic carbocycles. The van der Waals surface area contributed by atoms with Crippen molar-refractivity contribution in [1.29, 1.82) is 0 Å². The summed E-state index contributed by atoms with van der Waals surface area (Å²) in [4.78, 5) is 8.14. The minimum atomic E-state index is 0.926. The van der Waals surface area contributed by atoms with Crippen molar-refractivity contribution in [2.24, 2.45) is 0 Å². The van der Waals surface area contributed by atoms with E-state index in [0.29, 0.717) is 0 Å². The van der Waals surface area contributed by atoms with Crippen LogP contribution in [0.25, 0.3) is 24.3 Å². The van der Waals surface area contributed by atoms with Gasteiger partial charge in [0.1, 0.15) is 0 Å². The number of aromatic amines is 1. The fourth-order valence-electron chi connectivity index (χ4n) is 1.32. The number of thiazole rings is 1. The van der Waals surface area contributed by atoms with Gasteiger partial charge in [0.15, 0.2) is 0 Å². The molecule has 2 aromatic heterocycles. The molecule has 0 bridgehead atoms. The van der Waals surface area contributed by atoms with Crippen LogP contribution in [-0.2, 0) is 0 Å². The lowest BCUT2D eigenvalue weighted by atomic mass is 10.2. The van der Waals surface area contributed by atoms with E-state index in [1.807, 2.05) is 40.0 Å². The Balaban J connectivity index is 0. The molecule has 1 N–H and O–H groups in total. The van der Waals surface area contributed by atoms with E-state index in [0.717, 1.165) is 21.8 Å². The Kier molecular flexibility index (Phi) is 15.4. The first-order valence-electron chi connectivity index (χ1n) is 7.37. The third kappa shape index (κ3) is 7.60. The molecule has 2 rings (SSSR count). The summed E-state index contributed by atoms with van der Waals surface area (Å²) in [5.41, 5.74) is 4.85. The van der Waals surface area contributed by atoms with Gasteiger partial charge in [0.25, 0.3) is 0 Å². The van der Waals surface area contributed by atoms with Crippen molar-refractivity contribution in [1.82, 2.24) is 9.97 Å². The molecule has 120 valence electrons. The van der Waals surface area contributed by atoms with E-state index >= 15 is 0 Å². The Morgan fingerprint density at radius 3 is 1.95 bits per heavy atom. The summed E-state index contributed by atoms with van der Waals surface area (Å²) < 4.78 is 0. The maximum Gasteiger partial charge on any atom is 0.0805 e. The smallest absolute Gasteiger partial charge is 0.0805 e. The molecule has 0 saturated heterocycles. The lowest BCUT2D eigenvalue weighted by Crippen LogP contribution is -1.70. The van der Waals surface area contributed by atoms with Crippen molar-refractivity contribution in [3.05, 3.63) is 65.9 Å². The SMILES string of the molecule is C=Cc1cc[nH]c1C=C.C=Cc1ncsc1C=C.CC.CC. The first-order chi connectivity index (χ1) is 10.8. The molecular weight excluding hydrogens is 288 g/mol. The maximum absolute atomic E-state index is 4.03. The Labute approximate surface area is 139 Å². The molecule has 2 aromatic rings. The van der Waals surface area contributed by atoms with Crippen LogP contribution in [-0.4, -0.2) is 9.97 Å². The summed E-state index contributed by atoms with van der Waals surface area (Å²) in [6.07, 6.45) is 8.96. The van der Waals surface area contributed by atoms with Crippen LogP contribution >= 0.6 is 11.3 Å². The van der Waals surface area contributed by atoms with Gasteiger partial charge in [-0.15, -0.1) is 11.3 Å². The first kappa shape index (κ1) is 22.2. The molecule has 22 heavy (non-hydrogen) atoms. The van der Waals surface area contributed by atoms with Crippen LogP contribution in [0.3, 0.4) is 0 Å². The fraction of sp³-hybridized carbons (Fsp3) is 0.211. The molecule has 0 saturated carbocycles. The van der Waals surface area contributed by atoms with Crippen LogP contribution in [0.5, 0.6) is 0 Å². The summed E-state index contributed by atoms with van der Waals surface area (Å²) in [6.45, 7) is 22.5. The quantitative estimate of drug-likeness (QED) is 0.661. The first-order valence-corrected chi connectivity index (χ1v) is 8.25. The van der Waals surface area contributed by atoms with E-state index < -0.39 is 0 Å². The van der Waals surface area contributed by atoms with E-state index in [1.165, 1.54) is 0 Å². The van der Waals surface area contributed by atoms with E-state index in [-0.39, 0.29) is 0 Å². The van der Waals surface area contributed by atoms with E-state index in [2.05, 4.69) is 36.3 Å². The van der Waals surface area contributed by atoms with Gasteiger partial charge in [0, 0.05) is 11.9 Å². The van der Waals surface area contributed by atoms with Gasteiger partial charge in [-0.3, -0.25) is 0 Å². The summed E-state index contributed by atoms with van der Waals surface area (Å²) in [6, 6.07) is 1.96. The molecule has 0 atom stereocenters. The van der Waals surface area contributed by atoms with Gasteiger partial charge in [-0.05, 0) is 29.9 Å². The maximum atomic E-state index is 4.03. The van der Waals surface area contributed by atoms with Gasteiger partial charge >= 0.3 is 0 Å². The van der Waals surface area contributed by atoms with Gasteiger partial charge in [-0.2, -0.15) is 0 Å². The molecule has 0 aliphatic heterocycles. The molecule has 2 heterocycles. The van der Waals surface area contributed by atoms with E-state index in [9.17, 15) is 0 Å². The second-order valence-corrected chi connectivity index (χ2v) is 4.15. The Bertz CT molecular complexity index is 452. The monoisotopic (exact) mass is 316 g/mol. The predicted molar refractivity (Wildman–Crippen MR) is 106 cm³/mol. The highest BCUT2D eigenvalue weighted by atomic mass is 32.1. The highest BCUT2D eigenvalue weighted by Gasteiger charge is 1.94. The topological polar surface area (TPSA) is 28.7 Å². The number of aromatic nitrogens is 2. The van der Waals surface area contributed by atoms with Crippen molar-refractivity contribution in [2.45, 2.75) is 27.7 Å². The molecule has 0 aliphatic rings. The van der Waals surface area contributed by atoms with Crippen molar-refractivity contribution in [3.8, 4) is 0 Å². The number of hydrogen-bond donors (Lipinski definition) is 1. The van der Waals surface area contributed by atoms with Crippen LogP contribution < -0.4 is 0 Å². The van der Waals surface area contributed by atoms with Gasteiger partial charge < -0.3 is 4.98 Å². The van der Waals surface area contributed by atoms with Gasteiger partial charge in [0.2, 0.25) is 0 Å². The van der Waals surface area contributed by atoms with Gasteiger partial charge in [-0.25, -0.2) is 4.98 Å². The molecule has 0 aromatic carbocycles. The Morgan fingerprint density at radius 1 is 0.955 bits per heavy atom. The molecule has 0 radical (unpaired) electrons. The average molecular weight is 317 g/mol. The third-order valence-corrected chi connectivity index (χ3v) is 3.08. The molecule has 0 fully saturated rings. The van der Waals surface area contributed by atoms with Crippen molar-refractivity contribution in [3.63, 3.8) is 0 Å². The fourth-order valence-corrected chi connectivity index (χ4v) is 1.95. The van der Waals surface area contributed by atoms with Crippen LogP contribution in [0.2, 0.25) is 0 Å². The molecular formula is C19H28N2S. The lowest BCUT2D eigenvalue weighted by molar-refractivity contribution is 1.37. The summed E-state index contributed by atoms with van der Waals surface area (Å²) in [5, 5.41) is 0. The van der Waals surface area contributed by atoms with Gasteiger partial charge in [-0.1, -0.05) is 60.1 Å².